The predicted molar refractivity (Wildman–Crippen MR) is 103 cm³/mol. The molecular formula is C21H44O3. The highest BCUT2D eigenvalue weighted by atomic mass is 16.4. The Hall–Kier alpha value is -0.120. The highest BCUT2D eigenvalue weighted by Crippen LogP contribution is 2.24. The lowest BCUT2D eigenvalue weighted by atomic mass is 9.87. The molecule has 0 bridgehead atoms. The third-order valence-corrected chi connectivity index (χ3v) is 5.17. The summed E-state index contributed by atoms with van der Waals surface area (Å²) in [6.45, 7) is 4.12. The van der Waals surface area contributed by atoms with Gasteiger partial charge in [-0.25, -0.2) is 0 Å². The summed E-state index contributed by atoms with van der Waals surface area (Å²) in [4.78, 5) is 0. The van der Waals surface area contributed by atoms with Crippen LogP contribution in [-0.4, -0.2) is 34.1 Å². The zero-order chi connectivity index (χ0) is 18.0. The van der Waals surface area contributed by atoms with Gasteiger partial charge in [-0.3, -0.25) is 0 Å². The standard InChI is InChI=1S/C21H44O3/c1-3-5-7-9-11-13-15-17-19(21(24)20(23)18-22)16-14-12-10-8-6-4-2/h19-24H,3-18H2,1-2H3. The monoisotopic (exact) mass is 344 g/mol. The van der Waals surface area contributed by atoms with Gasteiger partial charge in [0.15, 0.2) is 0 Å². The second kappa shape index (κ2) is 17.7. The molecule has 0 heterocycles. The molecule has 0 aromatic rings. The first-order valence-electron chi connectivity index (χ1n) is 10.6. The van der Waals surface area contributed by atoms with Crippen molar-refractivity contribution in [1.29, 1.82) is 0 Å². The van der Waals surface area contributed by atoms with Crippen LogP contribution in [0.15, 0.2) is 0 Å². The van der Waals surface area contributed by atoms with Crippen LogP contribution in [0.3, 0.4) is 0 Å². The molecule has 0 aliphatic heterocycles. The first-order valence-corrected chi connectivity index (χ1v) is 10.6. The van der Waals surface area contributed by atoms with Crippen molar-refractivity contribution in [2.24, 2.45) is 5.92 Å². The Morgan fingerprint density at radius 2 is 0.958 bits per heavy atom. The van der Waals surface area contributed by atoms with Gasteiger partial charge in [-0.2, -0.15) is 0 Å². The van der Waals surface area contributed by atoms with E-state index < -0.39 is 12.2 Å². The normalized spacial score (nSPS) is 15.4. The first kappa shape index (κ1) is 23.9. The smallest absolute Gasteiger partial charge is 0.103 e. The minimum absolute atomic E-state index is 0.133. The van der Waals surface area contributed by atoms with Gasteiger partial charge in [0.05, 0.1) is 12.7 Å². The minimum Gasteiger partial charge on any atom is -0.394 e. The van der Waals surface area contributed by atoms with E-state index in [9.17, 15) is 10.2 Å². The van der Waals surface area contributed by atoms with E-state index in [1.54, 1.807) is 0 Å². The second-order valence-electron chi connectivity index (χ2n) is 7.47. The minimum atomic E-state index is -0.986. The van der Waals surface area contributed by atoms with Crippen LogP contribution in [0.1, 0.15) is 110 Å². The van der Waals surface area contributed by atoms with Crippen molar-refractivity contribution in [3.8, 4) is 0 Å². The third-order valence-electron chi connectivity index (χ3n) is 5.17. The molecule has 0 spiro atoms. The van der Waals surface area contributed by atoms with E-state index in [0.29, 0.717) is 0 Å². The molecule has 3 heteroatoms. The molecule has 0 saturated carbocycles. The SMILES string of the molecule is CCCCCCCCCC(CCCCCCCC)C(O)C(O)CO. The van der Waals surface area contributed by atoms with Crippen LogP contribution in [-0.2, 0) is 0 Å². The fourth-order valence-corrected chi connectivity index (χ4v) is 3.46. The van der Waals surface area contributed by atoms with Crippen LogP contribution in [0.4, 0.5) is 0 Å². The average molecular weight is 345 g/mol. The summed E-state index contributed by atoms with van der Waals surface area (Å²) >= 11 is 0. The third kappa shape index (κ3) is 13.2. The van der Waals surface area contributed by atoms with Crippen LogP contribution in [0.5, 0.6) is 0 Å². The van der Waals surface area contributed by atoms with E-state index in [1.165, 1.54) is 70.6 Å². The Morgan fingerprint density at radius 1 is 0.583 bits per heavy atom. The van der Waals surface area contributed by atoms with Gasteiger partial charge in [-0.1, -0.05) is 97.3 Å². The second-order valence-corrected chi connectivity index (χ2v) is 7.47. The summed E-state index contributed by atoms with van der Waals surface area (Å²) in [6.07, 6.45) is 16.6. The fourth-order valence-electron chi connectivity index (χ4n) is 3.46. The quantitative estimate of drug-likeness (QED) is 0.299. The predicted octanol–water partition coefficient (Wildman–Crippen LogP) is 5.21. The van der Waals surface area contributed by atoms with Crippen molar-refractivity contribution >= 4 is 0 Å². The number of hydrogen-bond acceptors (Lipinski definition) is 3. The molecule has 0 aliphatic rings. The van der Waals surface area contributed by atoms with Crippen LogP contribution in [0.2, 0.25) is 0 Å². The molecule has 0 radical (unpaired) electrons. The van der Waals surface area contributed by atoms with Gasteiger partial charge >= 0.3 is 0 Å². The molecule has 3 N–H and O–H groups in total. The highest BCUT2D eigenvalue weighted by molar-refractivity contribution is 4.76. The van der Waals surface area contributed by atoms with Crippen molar-refractivity contribution in [3.05, 3.63) is 0 Å². The number of hydrogen-bond donors (Lipinski definition) is 3. The molecule has 0 saturated heterocycles. The molecule has 3 nitrogen and oxygen atoms in total. The van der Waals surface area contributed by atoms with Crippen LogP contribution in [0, 0.1) is 5.92 Å². The van der Waals surface area contributed by atoms with Crippen molar-refractivity contribution < 1.29 is 15.3 Å². The molecule has 146 valence electrons. The Balaban J connectivity index is 3.96. The summed E-state index contributed by atoms with van der Waals surface area (Å²) in [5.41, 5.74) is 0. The lowest BCUT2D eigenvalue weighted by Crippen LogP contribution is -2.36. The summed E-state index contributed by atoms with van der Waals surface area (Å²) in [5.74, 6) is 0.133. The molecule has 0 aromatic carbocycles. The number of unbranched alkanes of at least 4 members (excludes halogenated alkanes) is 11. The number of rotatable bonds is 18. The molecule has 3 atom stereocenters. The van der Waals surface area contributed by atoms with Gasteiger partial charge in [0.1, 0.15) is 6.10 Å². The van der Waals surface area contributed by atoms with Gasteiger partial charge < -0.3 is 15.3 Å². The molecule has 0 aliphatic carbocycles. The molecule has 3 unspecified atom stereocenters. The molecule has 24 heavy (non-hydrogen) atoms. The molecule has 0 amide bonds. The lowest BCUT2D eigenvalue weighted by Gasteiger charge is -2.26. The van der Waals surface area contributed by atoms with E-state index in [4.69, 9.17) is 5.11 Å². The maximum absolute atomic E-state index is 10.3. The Bertz CT molecular complexity index is 245. The maximum atomic E-state index is 10.3. The van der Waals surface area contributed by atoms with Crippen molar-refractivity contribution in [3.63, 3.8) is 0 Å². The van der Waals surface area contributed by atoms with Gasteiger partial charge in [0.2, 0.25) is 0 Å². The lowest BCUT2D eigenvalue weighted by molar-refractivity contribution is -0.0475. The zero-order valence-electron chi connectivity index (χ0n) is 16.4. The van der Waals surface area contributed by atoms with Gasteiger partial charge in [0.25, 0.3) is 0 Å². The van der Waals surface area contributed by atoms with Crippen molar-refractivity contribution in [2.75, 3.05) is 6.61 Å². The summed E-state index contributed by atoms with van der Waals surface area (Å²) in [6, 6.07) is 0. The molecule has 0 rings (SSSR count). The van der Waals surface area contributed by atoms with Gasteiger partial charge in [0, 0.05) is 0 Å². The van der Waals surface area contributed by atoms with E-state index in [-0.39, 0.29) is 12.5 Å². The van der Waals surface area contributed by atoms with Crippen LogP contribution in [0.25, 0.3) is 0 Å². The average Bonchev–Trinajstić information content (AvgIpc) is 2.60. The van der Waals surface area contributed by atoms with Crippen LogP contribution >= 0.6 is 0 Å². The fraction of sp³-hybridized carbons (Fsp3) is 1.00. The molecule has 0 fully saturated rings. The Kier molecular flexibility index (Phi) is 17.6. The topological polar surface area (TPSA) is 60.7 Å². The Morgan fingerprint density at radius 3 is 1.33 bits per heavy atom. The van der Waals surface area contributed by atoms with E-state index >= 15 is 0 Å². The van der Waals surface area contributed by atoms with Gasteiger partial charge in [-0.15, -0.1) is 0 Å². The van der Waals surface area contributed by atoms with Crippen molar-refractivity contribution in [2.45, 2.75) is 122 Å². The van der Waals surface area contributed by atoms with E-state index in [0.717, 1.165) is 25.7 Å². The molecule has 0 aromatic heterocycles. The number of aliphatic hydroxyl groups is 3. The zero-order valence-corrected chi connectivity index (χ0v) is 16.4. The number of aliphatic hydroxyl groups excluding tert-OH is 3. The van der Waals surface area contributed by atoms with E-state index in [1.807, 2.05) is 0 Å². The summed E-state index contributed by atoms with van der Waals surface area (Å²) in [5, 5.41) is 29.2. The Labute approximate surface area is 150 Å². The largest absolute Gasteiger partial charge is 0.394 e. The van der Waals surface area contributed by atoms with Gasteiger partial charge in [-0.05, 0) is 18.8 Å². The first-order chi connectivity index (χ1) is 11.7. The maximum Gasteiger partial charge on any atom is 0.103 e. The highest BCUT2D eigenvalue weighted by Gasteiger charge is 2.25. The van der Waals surface area contributed by atoms with Crippen molar-refractivity contribution in [1.82, 2.24) is 0 Å². The summed E-state index contributed by atoms with van der Waals surface area (Å²) < 4.78 is 0. The van der Waals surface area contributed by atoms with E-state index in [2.05, 4.69) is 13.8 Å². The summed E-state index contributed by atoms with van der Waals surface area (Å²) in [7, 11) is 0. The van der Waals surface area contributed by atoms with Crippen LogP contribution < -0.4 is 0 Å². The molecular weight excluding hydrogens is 300 g/mol.